The van der Waals surface area contributed by atoms with Gasteiger partial charge in [-0.25, -0.2) is 0 Å². The first-order valence-corrected chi connectivity index (χ1v) is 5.42. The minimum atomic E-state index is -0.523. The summed E-state index contributed by atoms with van der Waals surface area (Å²) in [6, 6.07) is 18.7. The molecule has 0 heterocycles. The predicted octanol–water partition coefficient (Wildman–Crippen LogP) is 4.41. The van der Waals surface area contributed by atoms with Crippen LogP contribution in [0.1, 0.15) is 10.4 Å². The fourth-order valence-corrected chi connectivity index (χ4v) is 1.44. The molecule has 0 fully saturated rings. The van der Waals surface area contributed by atoms with Gasteiger partial charge < -0.3 is 0 Å². The highest BCUT2D eigenvalue weighted by Crippen LogP contribution is 2.16. The highest BCUT2D eigenvalue weighted by atomic mass is 35.5. The Kier molecular flexibility index (Phi) is 5.62. The van der Waals surface area contributed by atoms with Gasteiger partial charge in [0.25, 0.3) is 5.24 Å². The van der Waals surface area contributed by atoms with Crippen LogP contribution >= 0.6 is 23.2 Å². The van der Waals surface area contributed by atoms with Gasteiger partial charge in [-0.2, -0.15) is 0 Å². The highest BCUT2D eigenvalue weighted by molar-refractivity contribution is 6.68. The topological polar surface area (TPSA) is 17.1 Å². The number of carbonyl (C=O) groups excluding carboxylic acids is 1. The van der Waals surface area contributed by atoms with Crippen molar-refractivity contribution in [3.05, 3.63) is 71.2 Å². The molecule has 0 aliphatic rings. The zero-order chi connectivity index (χ0) is 11.8. The molecule has 0 aliphatic carbocycles. The van der Waals surface area contributed by atoms with E-state index in [1.54, 1.807) is 24.3 Å². The quantitative estimate of drug-likeness (QED) is 0.688. The second kappa shape index (κ2) is 7.04. The van der Waals surface area contributed by atoms with Crippen LogP contribution in [0.15, 0.2) is 60.7 Å². The van der Waals surface area contributed by atoms with Crippen LogP contribution in [0.3, 0.4) is 0 Å². The van der Waals surface area contributed by atoms with Crippen LogP contribution in [0.2, 0.25) is 5.02 Å². The monoisotopic (exact) mass is 252 g/mol. The lowest BCUT2D eigenvalue weighted by atomic mass is 10.2. The summed E-state index contributed by atoms with van der Waals surface area (Å²) in [5.74, 6) is 0. The molecule has 2 rings (SSSR count). The lowest BCUT2D eigenvalue weighted by Gasteiger charge is -1.93. The van der Waals surface area contributed by atoms with E-state index in [1.807, 2.05) is 36.4 Å². The van der Waals surface area contributed by atoms with Crippen LogP contribution in [0.5, 0.6) is 0 Å². The zero-order valence-electron chi connectivity index (χ0n) is 8.44. The van der Waals surface area contributed by atoms with Gasteiger partial charge in [0.15, 0.2) is 0 Å². The average Bonchev–Trinajstić information content (AvgIpc) is 2.32. The maximum absolute atomic E-state index is 10.5. The fourth-order valence-electron chi connectivity index (χ4n) is 1.01. The normalized spacial score (nSPS) is 8.88. The van der Waals surface area contributed by atoms with E-state index in [1.165, 1.54) is 0 Å². The van der Waals surface area contributed by atoms with Crippen LogP contribution in [0, 0.1) is 0 Å². The van der Waals surface area contributed by atoms with Crippen molar-refractivity contribution in [2.75, 3.05) is 0 Å². The Hall–Kier alpha value is -1.31. The maximum atomic E-state index is 10.5. The minimum absolute atomic E-state index is 0.353. The van der Waals surface area contributed by atoms with Crippen LogP contribution in [-0.2, 0) is 0 Å². The molecular weight excluding hydrogens is 243 g/mol. The molecule has 0 aliphatic heterocycles. The summed E-state index contributed by atoms with van der Waals surface area (Å²) in [6.45, 7) is 0. The molecule has 0 unspecified atom stereocenters. The lowest BCUT2D eigenvalue weighted by molar-refractivity contribution is 0.108. The second-order valence-corrected chi connectivity index (χ2v) is 3.66. The van der Waals surface area contributed by atoms with Gasteiger partial charge in [0.2, 0.25) is 0 Å². The molecule has 2 aromatic rings. The third kappa shape index (κ3) is 4.47. The lowest BCUT2D eigenvalue weighted by Crippen LogP contribution is -1.87. The number of hydrogen-bond acceptors (Lipinski definition) is 1. The van der Waals surface area contributed by atoms with E-state index in [9.17, 15) is 4.79 Å². The van der Waals surface area contributed by atoms with Crippen molar-refractivity contribution in [1.82, 2.24) is 0 Å². The standard InChI is InChI=1S/C7H4Cl2O.C6H6/c8-6-4-2-1-3-5(6)7(9)10;1-2-4-6-5-3-1/h1-4H;1-6H. The fraction of sp³-hybridized carbons (Fsp3) is 0. The molecule has 0 bridgehead atoms. The molecule has 82 valence electrons. The van der Waals surface area contributed by atoms with Crippen LogP contribution in [0.25, 0.3) is 0 Å². The smallest absolute Gasteiger partial charge is 0.253 e. The SMILES string of the molecule is O=C(Cl)c1ccccc1Cl.c1ccccc1. The first-order chi connectivity index (χ1) is 7.72. The summed E-state index contributed by atoms with van der Waals surface area (Å²) in [7, 11) is 0. The van der Waals surface area contributed by atoms with Gasteiger partial charge >= 0.3 is 0 Å². The van der Waals surface area contributed by atoms with Gasteiger partial charge in [0.05, 0.1) is 10.6 Å². The number of carbonyl (C=O) groups is 1. The van der Waals surface area contributed by atoms with E-state index in [0.717, 1.165) is 0 Å². The van der Waals surface area contributed by atoms with E-state index in [2.05, 4.69) is 0 Å². The van der Waals surface area contributed by atoms with E-state index >= 15 is 0 Å². The summed E-state index contributed by atoms with van der Waals surface area (Å²) in [5.41, 5.74) is 0.353. The molecule has 0 saturated heterocycles. The Morgan fingerprint density at radius 3 is 1.56 bits per heavy atom. The van der Waals surface area contributed by atoms with Crippen molar-refractivity contribution in [3.8, 4) is 0 Å². The van der Waals surface area contributed by atoms with Gasteiger partial charge in [-0.3, -0.25) is 4.79 Å². The molecule has 16 heavy (non-hydrogen) atoms. The number of benzene rings is 2. The Morgan fingerprint density at radius 1 is 0.812 bits per heavy atom. The predicted molar refractivity (Wildman–Crippen MR) is 68.1 cm³/mol. The van der Waals surface area contributed by atoms with E-state index in [-0.39, 0.29) is 0 Å². The third-order valence-corrected chi connectivity index (χ3v) is 2.29. The molecule has 3 heteroatoms. The van der Waals surface area contributed by atoms with Gasteiger partial charge in [-0.15, -0.1) is 0 Å². The van der Waals surface area contributed by atoms with Crippen molar-refractivity contribution in [2.45, 2.75) is 0 Å². The molecule has 0 saturated carbocycles. The van der Waals surface area contributed by atoms with Crippen molar-refractivity contribution >= 4 is 28.4 Å². The number of hydrogen-bond donors (Lipinski definition) is 0. The highest BCUT2D eigenvalue weighted by Gasteiger charge is 2.03. The number of rotatable bonds is 1. The third-order valence-electron chi connectivity index (χ3n) is 1.75. The molecular formula is C13H10Cl2O. The summed E-state index contributed by atoms with van der Waals surface area (Å²) in [5, 5.41) is -0.131. The summed E-state index contributed by atoms with van der Waals surface area (Å²) < 4.78 is 0. The van der Waals surface area contributed by atoms with Crippen molar-refractivity contribution in [1.29, 1.82) is 0 Å². The zero-order valence-corrected chi connectivity index (χ0v) is 9.95. The maximum Gasteiger partial charge on any atom is 0.253 e. The van der Waals surface area contributed by atoms with Crippen LogP contribution in [0.4, 0.5) is 0 Å². The summed E-state index contributed by atoms with van der Waals surface area (Å²) in [6.07, 6.45) is 0. The van der Waals surface area contributed by atoms with Gasteiger partial charge in [0, 0.05) is 0 Å². The summed E-state index contributed by atoms with van der Waals surface area (Å²) in [4.78, 5) is 10.5. The van der Waals surface area contributed by atoms with Crippen LogP contribution < -0.4 is 0 Å². The Labute approximate surface area is 105 Å². The van der Waals surface area contributed by atoms with Gasteiger partial charge in [-0.1, -0.05) is 60.1 Å². The molecule has 0 N–H and O–H groups in total. The Bertz CT molecular complexity index is 414. The molecule has 0 amide bonds. The van der Waals surface area contributed by atoms with Crippen molar-refractivity contribution < 1.29 is 4.79 Å². The summed E-state index contributed by atoms with van der Waals surface area (Å²) >= 11 is 10.8. The first-order valence-electron chi connectivity index (χ1n) is 4.66. The average molecular weight is 253 g/mol. The van der Waals surface area contributed by atoms with E-state index in [0.29, 0.717) is 10.6 Å². The molecule has 0 radical (unpaired) electrons. The van der Waals surface area contributed by atoms with E-state index in [4.69, 9.17) is 23.2 Å². The van der Waals surface area contributed by atoms with E-state index < -0.39 is 5.24 Å². The molecule has 0 atom stereocenters. The van der Waals surface area contributed by atoms with Crippen molar-refractivity contribution in [3.63, 3.8) is 0 Å². The largest absolute Gasteiger partial charge is 0.276 e. The van der Waals surface area contributed by atoms with Gasteiger partial charge in [-0.05, 0) is 23.7 Å². The molecule has 0 aromatic heterocycles. The van der Waals surface area contributed by atoms with Crippen LogP contribution in [-0.4, -0.2) is 5.24 Å². The molecule has 0 spiro atoms. The molecule has 1 nitrogen and oxygen atoms in total. The Balaban J connectivity index is 0.000000181. The molecule has 2 aromatic carbocycles. The van der Waals surface area contributed by atoms with Crippen molar-refractivity contribution in [2.24, 2.45) is 0 Å². The first kappa shape index (κ1) is 12.8. The minimum Gasteiger partial charge on any atom is -0.276 e. The second-order valence-electron chi connectivity index (χ2n) is 2.91. The number of halogens is 2. The van der Waals surface area contributed by atoms with Gasteiger partial charge in [0.1, 0.15) is 0 Å². The Morgan fingerprint density at radius 2 is 1.25 bits per heavy atom.